The standard InChI is InChI=1S/C65H125NO8/c1-3-5-7-9-11-13-15-17-19-21-23-25-27-28-29-30-31-32-33-35-37-39-41-43-45-47-49-51-53-55-61(69)66-58(57-73-65-64(72)63(71)62(70)60(56-67)74-65)59(68)54-52-50-48-46-44-42-40-38-36-34-26-24-22-20-18-16-14-12-10-8-6-4-2/h23,25,28-29,58-60,62-65,67-68,70-72H,3-22,24,26-27,30-57H2,1-2H3,(H,66,69)/b25-23-,29-28-. The molecule has 7 unspecified atom stereocenters. The van der Waals surface area contributed by atoms with Crippen molar-refractivity contribution in [2.45, 2.75) is 371 Å². The van der Waals surface area contributed by atoms with Crippen molar-refractivity contribution in [2.75, 3.05) is 13.2 Å². The molecule has 0 radical (unpaired) electrons. The molecule has 6 N–H and O–H groups in total. The number of amides is 1. The van der Waals surface area contributed by atoms with E-state index in [-0.39, 0.29) is 12.5 Å². The van der Waals surface area contributed by atoms with Crippen molar-refractivity contribution in [1.29, 1.82) is 0 Å². The van der Waals surface area contributed by atoms with Gasteiger partial charge in [0.25, 0.3) is 0 Å². The summed E-state index contributed by atoms with van der Waals surface area (Å²) in [6, 6.07) is -0.719. The van der Waals surface area contributed by atoms with Gasteiger partial charge in [0.1, 0.15) is 24.4 Å². The average molecular weight is 1050 g/mol. The van der Waals surface area contributed by atoms with Crippen molar-refractivity contribution in [2.24, 2.45) is 0 Å². The van der Waals surface area contributed by atoms with Crippen molar-refractivity contribution in [3.8, 4) is 0 Å². The summed E-state index contributed by atoms with van der Waals surface area (Å²) in [5, 5.41) is 54.8. The molecule has 0 aromatic rings. The number of aliphatic hydroxyl groups is 5. The highest BCUT2D eigenvalue weighted by atomic mass is 16.7. The Labute approximate surface area is 458 Å². The van der Waals surface area contributed by atoms with E-state index in [1.165, 1.54) is 257 Å². The summed E-state index contributed by atoms with van der Waals surface area (Å²) in [5.74, 6) is -0.139. The first-order chi connectivity index (χ1) is 36.3. The van der Waals surface area contributed by atoms with Crippen LogP contribution in [0.1, 0.15) is 328 Å². The summed E-state index contributed by atoms with van der Waals surface area (Å²) in [6.45, 7) is 3.89. The lowest BCUT2D eigenvalue weighted by atomic mass is 9.99. The Morgan fingerprint density at radius 1 is 0.459 bits per heavy atom. The lowest BCUT2D eigenvalue weighted by molar-refractivity contribution is -0.302. The third kappa shape index (κ3) is 43.6. The third-order valence-corrected chi connectivity index (χ3v) is 15.8. The summed E-state index contributed by atoms with van der Waals surface area (Å²) in [4.78, 5) is 13.1. The van der Waals surface area contributed by atoms with Crippen molar-refractivity contribution in [1.82, 2.24) is 5.32 Å². The molecular formula is C65H125NO8. The first-order valence-electron chi connectivity index (χ1n) is 32.5. The Morgan fingerprint density at radius 2 is 0.797 bits per heavy atom. The number of nitrogens with one attached hydrogen (secondary N) is 1. The quantitative estimate of drug-likeness (QED) is 0.0261. The number of rotatable bonds is 57. The molecule has 74 heavy (non-hydrogen) atoms. The minimum atomic E-state index is -1.55. The van der Waals surface area contributed by atoms with Gasteiger partial charge in [0, 0.05) is 6.42 Å². The molecule has 0 aliphatic carbocycles. The van der Waals surface area contributed by atoms with Gasteiger partial charge in [0.15, 0.2) is 6.29 Å². The average Bonchev–Trinajstić information content (AvgIpc) is 3.40. The van der Waals surface area contributed by atoms with E-state index in [4.69, 9.17) is 9.47 Å². The summed E-state index contributed by atoms with van der Waals surface area (Å²) in [7, 11) is 0. The zero-order valence-corrected chi connectivity index (χ0v) is 48.9. The summed E-state index contributed by atoms with van der Waals surface area (Å²) in [5.41, 5.74) is 0. The molecule has 1 aliphatic heterocycles. The monoisotopic (exact) mass is 1050 g/mol. The van der Waals surface area contributed by atoms with Crippen LogP contribution in [0.2, 0.25) is 0 Å². The molecule has 0 spiro atoms. The molecule has 0 aromatic heterocycles. The highest BCUT2D eigenvalue weighted by Crippen LogP contribution is 2.24. The normalized spacial score (nSPS) is 19.0. The van der Waals surface area contributed by atoms with Gasteiger partial charge in [-0.25, -0.2) is 0 Å². The molecule has 1 amide bonds. The van der Waals surface area contributed by atoms with E-state index < -0.39 is 49.5 Å². The van der Waals surface area contributed by atoms with Gasteiger partial charge in [-0.1, -0.05) is 301 Å². The van der Waals surface area contributed by atoms with E-state index in [9.17, 15) is 30.3 Å². The number of aliphatic hydroxyl groups excluding tert-OH is 5. The van der Waals surface area contributed by atoms with Crippen LogP contribution < -0.4 is 5.32 Å². The summed E-state index contributed by atoms with van der Waals surface area (Å²) < 4.78 is 11.4. The van der Waals surface area contributed by atoms with Gasteiger partial charge in [-0.05, 0) is 44.9 Å². The lowest BCUT2D eigenvalue weighted by Crippen LogP contribution is -2.60. The minimum Gasteiger partial charge on any atom is -0.394 e. The van der Waals surface area contributed by atoms with Gasteiger partial charge >= 0.3 is 0 Å². The Morgan fingerprint density at radius 3 is 1.16 bits per heavy atom. The number of unbranched alkanes of at least 4 members (excludes halogenated alkanes) is 43. The van der Waals surface area contributed by atoms with Gasteiger partial charge in [-0.2, -0.15) is 0 Å². The predicted molar refractivity (Wildman–Crippen MR) is 314 cm³/mol. The van der Waals surface area contributed by atoms with Gasteiger partial charge in [-0.3, -0.25) is 4.79 Å². The molecule has 1 fully saturated rings. The molecular weight excluding hydrogens is 923 g/mol. The second kappa shape index (κ2) is 55.0. The van der Waals surface area contributed by atoms with Crippen molar-refractivity contribution < 1.29 is 39.8 Å². The number of carbonyl (C=O) groups excluding carboxylic acids is 1. The topological polar surface area (TPSA) is 149 Å². The van der Waals surface area contributed by atoms with Crippen LogP contribution in [0.4, 0.5) is 0 Å². The van der Waals surface area contributed by atoms with Crippen LogP contribution in [0, 0.1) is 0 Å². The molecule has 0 aromatic carbocycles. The molecule has 1 saturated heterocycles. The highest BCUT2D eigenvalue weighted by Gasteiger charge is 2.44. The first-order valence-corrected chi connectivity index (χ1v) is 32.5. The zero-order chi connectivity index (χ0) is 53.6. The van der Waals surface area contributed by atoms with Crippen LogP contribution in [-0.2, 0) is 14.3 Å². The SMILES string of the molecule is CCCCCCCCCCC/C=C\C/C=C\CCCCCCCCCCCCCCCC(=O)NC(COC1OC(CO)C(O)C(O)C1O)C(O)CCCCCCCCCCCCCCCCCCCCCCCC. The fourth-order valence-electron chi connectivity index (χ4n) is 10.7. The maximum absolute atomic E-state index is 13.1. The molecule has 0 saturated carbocycles. The molecule has 9 heteroatoms. The fourth-order valence-corrected chi connectivity index (χ4v) is 10.7. The van der Waals surface area contributed by atoms with Crippen LogP contribution in [-0.4, -0.2) is 87.5 Å². The van der Waals surface area contributed by atoms with Crippen LogP contribution in [0.3, 0.4) is 0 Å². The molecule has 438 valence electrons. The molecule has 1 aliphatic rings. The lowest BCUT2D eigenvalue weighted by Gasteiger charge is -2.40. The van der Waals surface area contributed by atoms with Gasteiger partial charge < -0.3 is 40.3 Å². The predicted octanol–water partition coefficient (Wildman–Crippen LogP) is 16.9. The van der Waals surface area contributed by atoms with E-state index in [1.54, 1.807) is 0 Å². The van der Waals surface area contributed by atoms with Gasteiger partial charge in [0.2, 0.25) is 5.91 Å². The van der Waals surface area contributed by atoms with E-state index in [2.05, 4.69) is 43.5 Å². The highest BCUT2D eigenvalue weighted by molar-refractivity contribution is 5.76. The fraction of sp³-hybridized carbons (Fsp3) is 0.923. The molecule has 0 bridgehead atoms. The Hall–Kier alpha value is -1.33. The maximum Gasteiger partial charge on any atom is 0.220 e. The van der Waals surface area contributed by atoms with Crippen LogP contribution in [0.15, 0.2) is 24.3 Å². The first kappa shape index (κ1) is 70.7. The summed E-state index contributed by atoms with van der Waals surface area (Å²) >= 11 is 0. The number of carbonyl (C=O) groups is 1. The number of ether oxygens (including phenoxy) is 2. The zero-order valence-electron chi connectivity index (χ0n) is 48.9. The third-order valence-electron chi connectivity index (χ3n) is 15.8. The van der Waals surface area contributed by atoms with Crippen LogP contribution >= 0.6 is 0 Å². The molecule has 1 heterocycles. The smallest absolute Gasteiger partial charge is 0.220 e. The van der Waals surface area contributed by atoms with Crippen LogP contribution in [0.5, 0.6) is 0 Å². The van der Waals surface area contributed by atoms with E-state index in [0.717, 1.165) is 44.9 Å². The van der Waals surface area contributed by atoms with Gasteiger partial charge in [0.05, 0.1) is 25.4 Å². The van der Waals surface area contributed by atoms with E-state index in [1.807, 2.05) is 0 Å². The molecule has 1 rings (SSSR count). The second-order valence-corrected chi connectivity index (χ2v) is 22.9. The van der Waals surface area contributed by atoms with Crippen molar-refractivity contribution in [3.63, 3.8) is 0 Å². The number of hydrogen-bond donors (Lipinski definition) is 6. The van der Waals surface area contributed by atoms with Crippen LogP contribution in [0.25, 0.3) is 0 Å². The van der Waals surface area contributed by atoms with E-state index in [0.29, 0.717) is 12.8 Å². The minimum absolute atomic E-state index is 0.135. The number of hydrogen-bond acceptors (Lipinski definition) is 8. The Kier molecular flexibility index (Phi) is 52.5. The summed E-state index contributed by atoms with van der Waals surface area (Å²) in [6.07, 6.45) is 63.7. The number of allylic oxidation sites excluding steroid dienone is 4. The maximum atomic E-state index is 13.1. The van der Waals surface area contributed by atoms with Crippen molar-refractivity contribution in [3.05, 3.63) is 24.3 Å². The van der Waals surface area contributed by atoms with Gasteiger partial charge in [-0.15, -0.1) is 0 Å². The largest absolute Gasteiger partial charge is 0.394 e. The molecule has 9 nitrogen and oxygen atoms in total. The van der Waals surface area contributed by atoms with E-state index >= 15 is 0 Å². The van der Waals surface area contributed by atoms with Crippen molar-refractivity contribution >= 4 is 5.91 Å². The second-order valence-electron chi connectivity index (χ2n) is 22.9. The Bertz CT molecular complexity index is 1210. The Balaban J connectivity index is 2.14. The molecule has 7 atom stereocenters.